The van der Waals surface area contributed by atoms with Crippen LogP contribution in [0.2, 0.25) is 0 Å². The van der Waals surface area contributed by atoms with Crippen LogP contribution in [0.4, 0.5) is 0 Å². The Balaban J connectivity index is 1.55. The number of piperidine rings is 1. The summed E-state index contributed by atoms with van der Waals surface area (Å²) in [4.78, 5) is 23.4. The van der Waals surface area contributed by atoms with Gasteiger partial charge in [-0.05, 0) is 66.8 Å². The largest absolute Gasteiger partial charge is 0.369 e. The van der Waals surface area contributed by atoms with Crippen molar-refractivity contribution in [2.75, 3.05) is 13.1 Å². The molecule has 3 heterocycles. The highest BCUT2D eigenvalue weighted by Crippen LogP contribution is 2.35. The van der Waals surface area contributed by atoms with Crippen LogP contribution in [0.25, 0.3) is 11.1 Å². The number of likely N-dealkylation sites (tertiary alicyclic amines) is 1. The third kappa shape index (κ3) is 4.51. The summed E-state index contributed by atoms with van der Waals surface area (Å²) < 4.78 is 0. The number of benzene rings is 1. The third-order valence-corrected chi connectivity index (χ3v) is 5.77. The number of aromatic nitrogens is 2. The average Bonchev–Trinajstić information content (AvgIpc) is 2.75. The number of primary amides is 1. The first kappa shape index (κ1) is 19.3. The van der Waals surface area contributed by atoms with Crippen molar-refractivity contribution in [3.05, 3.63) is 84.4 Å². The Bertz CT molecular complexity index is 961. The molecule has 0 aliphatic carbocycles. The van der Waals surface area contributed by atoms with Gasteiger partial charge in [-0.15, -0.1) is 0 Å². The van der Waals surface area contributed by atoms with Crippen LogP contribution in [0.15, 0.2) is 73.2 Å². The zero-order valence-corrected chi connectivity index (χ0v) is 16.5. The number of nitrogens with two attached hydrogens (primary N) is 1. The fourth-order valence-electron chi connectivity index (χ4n) is 4.31. The molecule has 29 heavy (non-hydrogen) atoms. The molecule has 5 nitrogen and oxygen atoms in total. The lowest BCUT2D eigenvalue weighted by molar-refractivity contribution is -0.131. The van der Waals surface area contributed by atoms with Gasteiger partial charge >= 0.3 is 0 Å². The molecule has 2 aromatic heterocycles. The highest BCUT2D eigenvalue weighted by molar-refractivity contribution is 5.81. The van der Waals surface area contributed by atoms with Gasteiger partial charge in [-0.2, -0.15) is 0 Å². The Hall–Kier alpha value is -3.05. The molecule has 1 aromatic carbocycles. The molecule has 1 fully saturated rings. The number of pyridine rings is 2. The average molecular weight is 386 g/mol. The van der Waals surface area contributed by atoms with Crippen molar-refractivity contribution in [2.24, 2.45) is 11.1 Å². The van der Waals surface area contributed by atoms with Crippen LogP contribution < -0.4 is 5.73 Å². The summed E-state index contributed by atoms with van der Waals surface area (Å²) in [7, 11) is 0. The van der Waals surface area contributed by atoms with Crippen LogP contribution in [-0.4, -0.2) is 33.9 Å². The first-order valence-corrected chi connectivity index (χ1v) is 10.1. The van der Waals surface area contributed by atoms with Crippen molar-refractivity contribution in [1.82, 2.24) is 14.9 Å². The molecular formula is C24H26N4O. The van der Waals surface area contributed by atoms with Crippen LogP contribution in [0.5, 0.6) is 0 Å². The quantitative estimate of drug-likeness (QED) is 0.704. The monoisotopic (exact) mass is 386 g/mol. The summed E-state index contributed by atoms with van der Waals surface area (Å²) in [6, 6.07) is 18.3. The molecule has 1 aliphatic heterocycles. The standard InChI is InChI=1S/C24H26N4O/c25-23(29)24(10-4-14-28(18-24)17-22-7-1-2-11-27-22)16-19-5-3-6-21(15-19)20-8-12-26-13-9-20/h1-3,5-9,11-13,15H,4,10,14,16-18H2,(H2,25,29). The van der Waals surface area contributed by atoms with E-state index in [0.29, 0.717) is 13.0 Å². The number of carbonyl (C=O) groups excluding carboxylic acids is 1. The van der Waals surface area contributed by atoms with E-state index < -0.39 is 5.41 Å². The zero-order valence-electron chi connectivity index (χ0n) is 16.5. The number of hydrogen-bond donors (Lipinski definition) is 1. The summed E-state index contributed by atoms with van der Waals surface area (Å²) in [6.07, 6.45) is 7.83. The Morgan fingerprint density at radius 3 is 2.66 bits per heavy atom. The number of amides is 1. The lowest BCUT2D eigenvalue weighted by Crippen LogP contribution is -2.51. The molecule has 1 atom stereocenters. The number of carbonyl (C=O) groups is 1. The number of rotatable bonds is 6. The molecule has 5 heteroatoms. The fraction of sp³-hybridized carbons (Fsp3) is 0.292. The van der Waals surface area contributed by atoms with Crippen LogP contribution >= 0.6 is 0 Å². The maximum Gasteiger partial charge on any atom is 0.225 e. The molecule has 2 N–H and O–H groups in total. The predicted molar refractivity (Wildman–Crippen MR) is 114 cm³/mol. The van der Waals surface area contributed by atoms with Gasteiger partial charge in [0, 0.05) is 31.7 Å². The van der Waals surface area contributed by atoms with E-state index in [-0.39, 0.29) is 5.91 Å². The predicted octanol–water partition coefficient (Wildman–Crippen LogP) is 3.45. The highest BCUT2D eigenvalue weighted by atomic mass is 16.1. The Kier molecular flexibility index (Phi) is 5.67. The summed E-state index contributed by atoms with van der Waals surface area (Å²) in [5.41, 5.74) is 9.82. The molecule has 1 saturated heterocycles. The Labute approximate surface area is 171 Å². The van der Waals surface area contributed by atoms with E-state index in [2.05, 4.69) is 33.1 Å². The van der Waals surface area contributed by atoms with E-state index in [1.54, 1.807) is 12.4 Å². The van der Waals surface area contributed by atoms with Gasteiger partial charge in [-0.1, -0.05) is 30.3 Å². The van der Waals surface area contributed by atoms with Gasteiger partial charge in [0.15, 0.2) is 0 Å². The van der Waals surface area contributed by atoms with E-state index in [1.165, 1.54) is 0 Å². The van der Waals surface area contributed by atoms with E-state index in [9.17, 15) is 4.79 Å². The highest BCUT2D eigenvalue weighted by Gasteiger charge is 2.40. The zero-order chi connectivity index (χ0) is 20.1. The third-order valence-electron chi connectivity index (χ3n) is 5.77. The van der Waals surface area contributed by atoms with Crippen molar-refractivity contribution in [3.63, 3.8) is 0 Å². The molecule has 148 valence electrons. The lowest BCUT2D eigenvalue weighted by Gasteiger charge is -2.41. The van der Waals surface area contributed by atoms with Crippen molar-refractivity contribution in [2.45, 2.75) is 25.8 Å². The van der Waals surface area contributed by atoms with E-state index >= 15 is 0 Å². The topological polar surface area (TPSA) is 72.1 Å². The van der Waals surface area contributed by atoms with Gasteiger partial charge in [-0.25, -0.2) is 0 Å². The minimum absolute atomic E-state index is 0.211. The molecule has 0 radical (unpaired) electrons. The summed E-state index contributed by atoms with van der Waals surface area (Å²) in [6.45, 7) is 2.37. The van der Waals surface area contributed by atoms with Crippen LogP contribution in [-0.2, 0) is 17.8 Å². The first-order valence-electron chi connectivity index (χ1n) is 10.1. The lowest BCUT2D eigenvalue weighted by atomic mass is 9.74. The van der Waals surface area contributed by atoms with Crippen LogP contribution in [0, 0.1) is 5.41 Å². The van der Waals surface area contributed by atoms with E-state index in [0.717, 1.165) is 48.3 Å². The second-order valence-electron chi connectivity index (χ2n) is 7.89. The van der Waals surface area contributed by atoms with Crippen LogP contribution in [0.1, 0.15) is 24.1 Å². The van der Waals surface area contributed by atoms with Gasteiger partial charge in [0.25, 0.3) is 0 Å². The minimum atomic E-state index is -0.552. The SMILES string of the molecule is NC(=O)C1(Cc2cccc(-c3ccncc3)c2)CCCN(Cc2ccccn2)C1. The Morgan fingerprint density at radius 2 is 1.90 bits per heavy atom. The molecule has 1 aliphatic rings. The Morgan fingerprint density at radius 1 is 1.03 bits per heavy atom. The second-order valence-corrected chi connectivity index (χ2v) is 7.89. The summed E-state index contributed by atoms with van der Waals surface area (Å²) >= 11 is 0. The molecule has 0 bridgehead atoms. The van der Waals surface area contributed by atoms with Gasteiger partial charge in [0.05, 0.1) is 11.1 Å². The van der Waals surface area contributed by atoms with E-state index in [4.69, 9.17) is 5.73 Å². The normalized spacial score (nSPS) is 19.7. The maximum atomic E-state index is 12.6. The summed E-state index contributed by atoms with van der Waals surface area (Å²) in [5, 5.41) is 0. The molecule has 1 unspecified atom stereocenters. The van der Waals surface area contributed by atoms with Gasteiger partial charge in [-0.3, -0.25) is 19.7 Å². The molecule has 0 spiro atoms. The smallest absolute Gasteiger partial charge is 0.225 e. The molecule has 1 amide bonds. The van der Waals surface area contributed by atoms with Crippen molar-refractivity contribution >= 4 is 5.91 Å². The fourth-order valence-corrected chi connectivity index (χ4v) is 4.31. The first-order chi connectivity index (χ1) is 14.1. The van der Waals surface area contributed by atoms with Gasteiger partial charge in [0.2, 0.25) is 5.91 Å². The summed E-state index contributed by atoms with van der Waals surface area (Å²) in [5.74, 6) is -0.211. The number of nitrogens with zero attached hydrogens (tertiary/aromatic N) is 3. The van der Waals surface area contributed by atoms with E-state index in [1.807, 2.05) is 42.6 Å². The van der Waals surface area contributed by atoms with Crippen molar-refractivity contribution in [3.8, 4) is 11.1 Å². The minimum Gasteiger partial charge on any atom is -0.369 e. The second kappa shape index (κ2) is 8.53. The molecule has 0 saturated carbocycles. The van der Waals surface area contributed by atoms with Gasteiger partial charge in [0.1, 0.15) is 0 Å². The maximum absolute atomic E-state index is 12.6. The molecule has 4 rings (SSSR count). The molecular weight excluding hydrogens is 360 g/mol. The van der Waals surface area contributed by atoms with Crippen molar-refractivity contribution < 1.29 is 4.79 Å². The molecule has 3 aromatic rings. The number of hydrogen-bond acceptors (Lipinski definition) is 4. The van der Waals surface area contributed by atoms with Crippen LogP contribution in [0.3, 0.4) is 0 Å². The van der Waals surface area contributed by atoms with Crippen molar-refractivity contribution in [1.29, 1.82) is 0 Å². The van der Waals surface area contributed by atoms with Gasteiger partial charge < -0.3 is 5.73 Å².